The zero-order chi connectivity index (χ0) is 28.5. The number of esters is 1. The first-order valence-corrected chi connectivity index (χ1v) is 14.3. The first-order valence-electron chi connectivity index (χ1n) is 12.5. The molecule has 10 nitrogen and oxygen atoms in total. The summed E-state index contributed by atoms with van der Waals surface area (Å²) < 4.78 is 12.4. The molecule has 0 spiro atoms. The van der Waals surface area contributed by atoms with Gasteiger partial charge in [-0.25, -0.2) is 4.79 Å². The van der Waals surface area contributed by atoms with Crippen LogP contribution in [0.5, 0.6) is 5.75 Å². The third-order valence-electron chi connectivity index (χ3n) is 5.79. The predicted octanol–water partition coefficient (Wildman–Crippen LogP) is 5.43. The molecule has 4 aromatic rings. The maximum absolute atomic E-state index is 12.8. The van der Waals surface area contributed by atoms with Gasteiger partial charge in [0.15, 0.2) is 11.0 Å². The van der Waals surface area contributed by atoms with E-state index in [1.165, 1.54) is 11.8 Å². The molecule has 0 aliphatic rings. The second-order valence-electron chi connectivity index (χ2n) is 8.36. The number of anilines is 2. The summed E-state index contributed by atoms with van der Waals surface area (Å²) >= 11 is 2.45. The van der Waals surface area contributed by atoms with Gasteiger partial charge >= 0.3 is 5.97 Å². The number of nitrogens with zero attached hydrogens (tertiary/aromatic N) is 4. The Morgan fingerprint density at radius 1 is 1.12 bits per heavy atom. The van der Waals surface area contributed by atoms with Crippen LogP contribution >= 0.6 is 23.1 Å². The molecule has 2 aromatic carbocycles. The third-order valence-corrected chi connectivity index (χ3v) is 7.91. The number of nitrogens with one attached hydrogen (secondary N) is 2. The first-order chi connectivity index (χ1) is 19.5. The van der Waals surface area contributed by atoms with Gasteiger partial charge in [-0.05, 0) is 43.7 Å². The standard InChI is InChI=1S/C28H28N6O4S2/c1-4-38-27(36)25-18(2)20(16-29)26(40-25)31-24(35)14-15-39-28-33-32-23(34(28)19-10-6-5-7-11-19)17-30-21-12-8-9-13-22(21)37-3/h5-13,30H,4,14-15,17H2,1-3H3,(H,31,35). The number of hydrogen-bond acceptors (Lipinski definition) is 10. The summed E-state index contributed by atoms with van der Waals surface area (Å²) in [6.07, 6.45) is 0.164. The van der Waals surface area contributed by atoms with Gasteiger partial charge in [-0.15, -0.1) is 21.5 Å². The van der Waals surface area contributed by atoms with Crippen molar-refractivity contribution < 1.29 is 19.1 Å². The summed E-state index contributed by atoms with van der Waals surface area (Å²) in [4.78, 5) is 25.3. The Labute approximate surface area is 240 Å². The largest absolute Gasteiger partial charge is 0.495 e. The van der Waals surface area contributed by atoms with Gasteiger partial charge in [0.05, 0.1) is 31.5 Å². The van der Waals surface area contributed by atoms with Crippen molar-refractivity contribution in [2.45, 2.75) is 32.0 Å². The van der Waals surface area contributed by atoms with Gasteiger partial charge in [-0.1, -0.05) is 42.1 Å². The van der Waals surface area contributed by atoms with Gasteiger partial charge in [0.1, 0.15) is 21.7 Å². The number of benzene rings is 2. The minimum atomic E-state index is -0.506. The average molecular weight is 577 g/mol. The molecule has 12 heteroatoms. The Balaban J connectivity index is 1.44. The minimum Gasteiger partial charge on any atom is -0.495 e. The highest BCUT2D eigenvalue weighted by Gasteiger charge is 2.22. The molecule has 0 fully saturated rings. The van der Waals surface area contributed by atoms with Gasteiger partial charge in [-0.2, -0.15) is 5.26 Å². The van der Waals surface area contributed by atoms with Gasteiger partial charge in [0.25, 0.3) is 0 Å². The SMILES string of the molecule is CCOC(=O)c1sc(NC(=O)CCSc2nnc(CNc3ccccc3OC)n2-c2ccccc2)c(C#N)c1C. The topological polar surface area (TPSA) is 131 Å². The molecule has 0 unspecified atom stereocenters. The fourth-order valence-electron chi connectivity index (χ4n) is 3.86. The zero-order valence-electron chi connectivity index (χ0n) is 22.3. The average Bonchev–Trinajstić information content (AvgIpc) is 3.52. The number of thiophene rings is 1. The third kappa shape index (κ3) is 6.62. The van der Waals surface area contributed by atoms with Crippen LogP contribution in [0.2, 0.25) is 0 Å². The smallest absolute Gasteiger partial charge is 0.348 e. The predicted molar refractivity (Wildman–Crippen MR) is 155 cm³/mol. The summed E-state index contributed by atoms with van der Waals surface area (Å²) in [7, 11) is 1.62. The highest BCUT2D eigenvalue weighted by atomic mass is 32.2. The van der Waals surface area contributed by atoms with Crippen molar-refractivity contribution >= 4 is 45.7 Å². The number of methoxy groups -OCH3 is 1. The number of amides is 1. The summed E-state index contributed by atoms with van der Waals surface area (Å²) in [6.45, 7) is 4.01. The van der Waals surface area contributed by atoms with E-state index in [0.29, 0.717) is 38.7 Å². The number of nitriles is 1. The fourth-order valence-corrected chi connectivity index (χ4v) is 5.84. The number of carbonyl (C=O) groups excluding carboxylic acids is 2. The fraction of sp³-hybridized carbons (Fsp3) is 0.250. The lowest BCUT2D eigenvalue weighted by molar-refractivity contribution is -0.115. The van der Waals surface area contributed by atoms with Crippen molar-refractivity contribution in [1.29, 1.82) is 5.26 Å². The molecule has 0 saturated heterocycles. The van der Waals surface area contributed by atoms with E-state index in [4.69, 9.17) is 9.47 Å². The zero-order valence-corrected chi connectivity index (χ0v) is 23.9. The number of carbonyl (C=O) groups is 2. The minimum absolute atomic E-state index is 0.164. The van der Waals surface area contributed by atoms with E-state index in [9.17, 15) is 14.9 Å². The van der Waals surface area contributed by atoms with E-state index in [1.807, 2.05) is 59.2 Å². The van der Waals surface area contributed by atoms with Crippen molar-refractivity contribution in [3.63, 3.8) is 0 Å². The maximum atomic E-state index is 12.8. The molecule has 0 atom stereocenters. The lowest BCUT2D eigenvalue weighted by Crippen LogP contribution is -2.12. The number of aromatic nitrogens is 3. The van der Waals surface area contributed by atoms with E-state index in [0.717, 1.165) is 28.5 Å². The van der Waals surface area contributed by atoms with Crippen molar-refractivity contribution in [3.8, 4) is 17.5 Å². The Kier molecular flexibility index (Phi) is 9.77. The van der Waals surface area contributed by atoms with Crippen LogP contribution in [-0.4, -0.2) is 46.1 Å². The van der Waals surface area contributed by atoms with Crippen molar-refractivity contribution in [1.82, 2.24) is 14.8 Å². The lowest BCUT2D eigenvalue weighted by atomic mass is 10.2. The van der Waals surface area contributed by atoms with E-state index in [2.05, 4.69) is 26.9 Å². The molecule has 4 rings (SSSR count). The number of hydrogen-bond donors (Lipinski definition) is 2. The molecule has 0 bridgehead atoms. The molecule has 0 radical (unpaired) electrons. The Morgan fingerprint density at radius 2 is 1.88 bits per heavy atom. The van der Waals surface area contributed by atoms with Crippen LogP contribution in [0, 0.1) is 18.3 Å². The number of ether oxygens (including phenoxy) is 2. The van der Waals surface area contributed by atoms with Crippen molar-refractivity contribution in [2.75, 3.05) is 30.1 Å². The molecule has 1 amide bonds. The van der Waals surface area contributed by atoms with Crippen LogP contribution in [0.4, 0.5) is 10.7 Å². The normalized spacial score (nSPS) is 10.6. The molecule has 206 valence electrons. The highest BCUT2D eigenvalue weighted by molar-refractivity contribution is 7.99. The second kappa shape index (κ2) is 13.6. The van der Waals surface area contributed by atoms with Crippen LogP contribution in [0.25, 0.3) is 5.69 Å². The molecular formula is C28H28N6O4S2. The number of para-hydroxylation sites is 3. The van der Waals surface area contributed by atoms with Gasteiger partial charge in [0, 0.05) is 17.9 Å². The highest BCUT2D eigenvalue weighted by Crippen LogP contribution is 2.33. The van der Waals surface area contributed by atoms with Crippen LogP contribution in [0.1, 0.15) is 40.0 Å². The molecule has 2 aromatic heterocycles. The maximum Gasteiger partial charge on any atom is 0.348 e. The molecule has 0 aliphatic heterocycles. The molecular weight excluding hydrogens is 548 g/mol. The molecule has 2 N–H and O–H groups in total. The van der Waals surface area contributed by atoms with E-state index in [1.54, 1.807) is 21.0 Å². The van der Waals surface area contributed by atoms with Crippen LogP contribution in [0.15, 0.2) is 59.8 Å². The lowest BCUT2D eigenvalue weighted by Gasteiger charge is -2.13. The molecule has 40 heavy (non-hydrogen) atoms. The quantitative estimate of drug-likeness (QED) is 0.167. The van der Waals surface area contributed by atoms with Crippen molar-refractivity contribution in [2.24, 2.45) is 0 Å². The summed E-state index contributed by atoms with van der Waals surface area (Å²) in [6, 6.07) is 19.5. The van der Waals surface area contributed by atoms with Gasteiger partial charge in [0.2, 0.25) is 5.91 Å². The molecule has 0 saturated carbocycles. The number of rotatable bonds is 12. The van der Waals surface area contributed by atoms with E-state index in [-0.39, 0.29) is 24.5 Å². The number of thioether (sulfide) groups is 1. The van der Waals surface area contributed by atoms with Gasteiger partial charge in [-0.3, -0.25) is 9.36 Å². The monoisotopic (exact) mass is 576 g/mol. The second-order valence-corrected chi connectivity index (χ2v) is 10.4. The Hall–Kier alpha value is -4.34. The van der Waals surface area contributed by atoms with Crippen LogP contribution in [-0.2, 0) is 16.1 Å². The Morgan fingerprint density at radius 3 is 2.60 bits per heavy atom. The summed E-state index contributed by atoms with van der Waals surface area (Å²) in [5.74, 6) is 1.07. The van der Waals surface area contributed by atoms with E-state index < -0.39 is 5.97 Å². The summed E-state index contributed by atoms with van der Waals surface area (Å²) in [5.41, 5.74) is 2.51. The summed E-state index contributed by atoms with van der Waals surface area (Å²) in [5, 5.41) is 25.5. The Bertz CT molecular complexity index is 1530. The van der Waals surface area contributed by atoms with Crippen LogP contribution in [0.3, 0.4) is 0 Å². The van der Waals surface area contributed by atoms with E-state index >= 15 is 0 Å². The first kappa shape index (κ1) is 28.7. The molecule has 2 heterocycles. The molecule has 0 aliphatic carbocycles. The van der Waals surface area contributed by atoms with Crippen LogP contribution < -0.4 is 15.4 Å². The van der Waals surface area contributed by atoms with Gasteiger partial charge < -0.3 is 20.1 Å². The van der Waals surface area contributed by atoms with Crippen molar-refractivity contribution in [3.05, 3.63) is 76.4 Å².